The minimum absolute atomic E-state index is 0.214. The summed E-state index contributed by atoms with van der Waals surface area (Å²) >= 11 is 0. The summed E-state index contributed by atoms with van der Waals surface area (Å²) in [4.78, 5) is 14.1. The number of rotatable bonds is 2. The first-order chi connectivity index (χ1) is 9.66. The maximum absolute atomic E-state index is 13.9. The molecule has 2 aromatic rings. The van der Waals surface area contributed by atoms with Crippen molar-refractivity contribution >= 4 is 5.91 Å². The van der Waals surface area contributed by atoms with Gasteiger partial charge in [-0.2, -0.15) is 0 Å². The zero-order valence-electron chi connectivity index (χ0n) is 11.2. The van der Waals surface area contributed by atoms with Crippen LogP contribution in [-0.2, 0) is 0 Å². The van der Waals surface area contributed by atoms with Gasteiger partial charge in [-0.05, 0) is 25.8 Å². The van der Waals surface area contributed by atoms with E-state index in [4.69, 9.17) is 4.52 Å². The molecule has 0 bridgehead atoms. The summed E-state index contributed by atoms with van der Waals surface area (Å²) in [7, 11) is 0. The number of amides is 1. The predicted octanol–water partition coefficient (Wildman–Crippen LogP) is 3.10. The van der Waals surface area contributed by atoms with Crippen LogP contribution in [-0.4, -0.2) is 22.5 Å². The van der Waals surface area contributed by atoms with Crippen LogP contribution in [0.1, 0.15) is 40.7 Å². The van der Waals surface area contributed by atoms with Gasteiger partial charge < -0.3 is 9.42 Å². The second-order valence-electron chi connectivity index (χ2n) is 5.01. The molecular formula is C15H15FN2O2. The molecule has 1 aromatic heterocycles. The molecule has 104 valence electrons. The van der Waals surface area contributed by atoms with Crippen LogP contribution in [0.4, 0.5) is 4.39 Å². The Labute approximate surface area is 116 Å². The lowest BCUT2D eigenvalue weighted by Crippen LogP contribution is -2.30. The van der Waals surface area contributed by atoms with E-state index in [0.29, 0.717) is 17.8 Å². The third kappa shape index (κ3) is 2.19. The number of aromatic nitrogens is 1. The van der Waals surface area contributed by atoms with Gasteiger partial charge in [-0.3, -0.25) is 4.79 Å². The number of halogens is 1. The SMILES string of the molecule is Cc1cc(C(=O)N2CCCC2c2ccccc2F)on1. The van der Waals surface area contributed by atoms with Crippen molar-refractivity contribution in [3.8, 4) is 0 Å². The van der Waals surface area contributed by atoms with Gasteiger partial charge in [0.25, 0.3) is 5.91 Å². The van der Waals surface area contributed by atoms with E-state index >= 15 is 0 Å². The van der Waals surface area contributed by atoms with Gasteiger partial charge in [0, 0.05) is 18.2 Å². The molecule has 0 saturated carbocycles. The van der Waals surface area contributed by atoms with Crippen molar-refractivity contribution in [1.82, 2.24) is 10.1 Å². The van der Waals surface area contributed by atoms with E-state index in [9.17, 15) is 9.18 Å². The van der Waals surface area contributed by atoms with E-state index < -0.39 is 0 Å². The summed E-state index contributed by atoms with van der Waals surface area (Å²) in [5.74, 6) is -0.284. The number of aryl methyl sites for hydroxylation is 1. The second kappa shape index (κ2) is 5.07. The van der Waals surface area contributed by atoms with Crippen LogP contribution in [0.3, 0.4) is 0 Å². The molecule has 0 radical (unpaired) electrons. The minimum atomic E-state index is -0.272. The lowest BCUT2D eigenvalue weighted by atomic mass is 10.0. The van der Waals surface area contributed by atoms with Crippen molar-refractivity contribution in [2.45, 2.75) is 25.8 Å². The van der Waals surface area contributed by atoms with E-state index in [1.807, 2.05) is 0 Å². The first-order valence-electron chi connectivity index (χ1n) is 6.65. The average molecular weight is 274 g/mol. The molecule has 0 N–H and O–H groups in total. The molecule has 0 spiro atoms. The first-order valence-corrected chi connectivity index (χ1v) is 6.65. The van der Waals surface area contributed by atoms with Gasteiger partial charge in [0.15, 0.2) is 0 Å². The van der Waals surface area contributed by atoms with Gasteiger partial charge in [-0.15, -0.1) is 0 Å². The van der Waals surface area contributed by atoms with Gasteiger partial charge in [0.05, 0.1) is 11.7 Å². The Morgan fingerprint density at radius 3 is 2.95 bits per heavy atom. The van der Waals surface area contributed by atoms with E-state index in [-0.39, 0.29) is 23.5 Å². The largest absolute Gasteiger partial charge is 0.351 e. The van der Waals surface area contributed by atoms with Gasteiger partial charge in [-0.1, -0.05) is 23.4 Å². The van der Waals surface area contributed by atoms with Gasteiger partial charge in [0.2, 0.25) is 5.76 Å². The second-order valence-corrected chi connectivity index (χ2v) is 5.01. The quantitative estimate of drug-likeness (QED) is 0.845. The van der Waals surface area contributed by atoms with Gasteiger partial charge >= 0.3 is 0 Å². The fourth-order valence-electron chi connectivity index (χ4n) is 2.68. The van der Waals surface area contributed by atoms with Crippen LogP contribution in [0, 0.1) is 12.7 Å². The summed E-state index contributed by atoms with van der Waals surface area (Å²) in [5, 5.41) is 3.73. The van der Waals surface area contributed by atoms with Crippen molar-refractivity contribution < 1.29 is 13.7 Å². The van der Waals surface area contributed by atoms with E-state index in [2.05, 4.69) is 5.16 Å². The molecule has 1 aromatic carbocycles. The summed E-state index contributed by atoms with van der Waals surface area (Å²) < 4.78 is 18.9. The van der Waals surface area contributed by atoms with Gasteiger partial charge in [-0.25, -0.2) is 4.39 Å². The lowest BCUT2D eigenvalue weighted by molar-refractivity contribution is 0.0691. The van der Waals surface area contributed by atoms with Crippen molar-refractivity contribution in [2.75, 3.05) is 6.54 Å². The Morgan fingerprint density at radius 1 is 1.45 bits per heavy atom. The summed E-state index contributed by atoms with van der Waals surface area (Å²) in [5.41, 5.74) is 1.23. The molecule has 1 unspecified atom stereocenters. The fourth-order valence-corrected chi connectivity index (χ4v) is 2.68. The molecular weight excluding hydrogens is 259 g/mol. The molecule has 1 fully saturated rings. The Hall–Kier alpha value is -2.17. The van der Waals surface area contributed by atoms with Crippen LogP contribution in [0.25, 0.3) is 0 Å². The van der Waals surface area contributed by atoms with E-state index in [1.165, 1.54) is 6.07 Å². The molecule has 2 heterocycles. The Kier molecular flexibility index (Phi) is 3.26. The number of likely N-dealkylation sites (tertiary alicyclic amines) is 1. The third-order valence-electron chi connectivity index (χ3n) is 3.62. The van der Waals surface area contributed by atoms with Crippen LogP contribution >= 0.6 is 0 Å². The fraction of sp³-hybridized carbons (Fsp3) is 0.333. The summed E-state index contributed by atoms with van der Waals surface area (Å²) in [6.45, 7) is 2.37. The molecule has 1 aliphatic heterocycles. The monoisotopic (exact) mass is 274 g/mol. The maximum Gasteiger partial charge on any atom is 0.292 e. The highest BCUT2D eigenvalue weighted by Crippen LogP contribution is 2.34. The summed E-state index contributed by atoms with van der Waals surface area (Å²) in [6.07, 6.45) is 1.62. The number of benzene rings is 1. The highest BCUT2D eigenvalue weighted by atomic mass is 19.1. The molecule has 1 atom stereocenters. The van der Waals surface area contributed by atoms with E-state index in [0.717, 1.165) is 12.8 Å². The lowest BCUT2D eigenvalue weighted by Gasteiger charge is -2.24. The molecule has 1 aliphatic rings. The highest BCUT2D eigenvalue weighted by Gasteiger charge is 2.33. The first kappa shape index (κ1) is 12.8. The Morgan fingerprint density at radius 2 is 2.25 bits per heavy atom. The molecule has 4 nitrogen and oxygen atoms in total. The van der Waals surface area contributed by atoms with Gasteiger partial charge in [0.1, 0.15) is 5.82 Å². The molecule has 5 heteroatoms. The molecule has 20 heavy (non-hydrogen) atoms. The number of carbonyl (C=O) groups excluding carboxylic acids is 1. The van der Waals surface area contributed by atoms with Crippen molar-refractivity contribution in [3.05, 3.63) is 53.2 Å². The predicted molar refractivity (Wildman–Crippen MR) is 70.7 cm³/mol. The zero-order valence-corrected chi connectivity index (χ0v) is 11.2. The average Bonchev–Trinajstić information content (AvgIpc) is 3.07. The van der Waals surface area contributed by atoms with Crippen molar-refractivity contribution in [1.29, 1.82) is 0 Å². The molecule has 1 saturated heterocycles. The topological polar surface area (TPSA) is 46.3 Å². The van der Waals surface area contributed by atoms with Crippen LogP contribution < -0.4 is 0 Å². The maximum atomic E-state index is 13.9. The Balaban J connectivity index is 1.90. The van der Waals surface area contributed by atoms with Crippen LogP contribution in [0.15, 0.2) is 34.9 Å². The normalized spacial score (nSPS) is 18.5. The molecule has 0 aliphatic carbocycles. The number of nitrogens with zero attached hydrogens (tertiary/aromatic N) is 2. The van der Waals surface area contributed by atoms with Crippen LogP contribution in [0.5, 0.6) is 0 Å². The third-order valence-corrected chi connectivity index (χ3v) is 3.62. The van der Waals surface area contributed by atoms with Crippen LogP contribution in [0.2, 0.25) is 0 Å². The summed E-state index contributed by atoms with van der Waals surface area (Å²) in [6, 6.07) is 7.98. The zero-order chi connectivity index (χ0) is 14.1. The Bertz CT molecular complexity index is 638. The minimum Gasteiger partial charge on any atom is -0.351 e. The number of carbonyl (C=O) groups is 1. The molecule has 1 amide bonds. The highest BCUT2D eigenvalue weighted by molar-refractivity contribution is 5.92. The standard InChI is InChI=1S/C15H15FN2O2/c1-10-9-14(20-17-10)15(19)18-8-4-7-13(18)11-5-2-3-6-12(11)16/h2-3,5-6,9,13H,4,7-8H2,1H3. The van der Waals surface area contributed by atoms with Crippen molar-refractivity contribution in [2.24, 2.45) is 0 Å². The van der Waals surface area contributed by atoms with E-state index in [1.54, 1.807) is 36.1 Å². The van der Waals surface area contributed by atoms with Crippen molar-refractivity contribution in [3.63, 3.8) is 0 Å². The smallest absolute Gasteiger partial charge is 0.292 e. The number of hydrogen-bond acceptors (Lipinski definition) is 3. The number of hydrogen-bond donors (Lipinski definition) is 0. The molecule has 3 rings (SSSR count).